The van der Waals surface area contributed by atoms with Crippen molar-refractivity contribution in [3.05, 3.63) is 58.9 Å². The number of fused-ring (bicyclic) bond motifs is 1. The summed E-state index contributed by atoms with van der Waals surface area (Å²) in [5.74, 6) is 1.99. The van der Waals surface area contributed by atoms with Gasteiger partial charge in [-0.15, -0.1) is 0 Å². The van der Waals surface area contributed by atoms with E-state index in [0.717, 1.165) is 40.6 Å². The molecule has 1 aromatic heterocycles. The predicted molar refractivity (Wildman–Crippen MR) is 105 cm³/mol. The minimum absolute atomic E-state index is 0.00711. The lowest BCUT2D eigenvalue weighted by Crippen LogP contribution is -2.19. The first-order valence-corrected chi connectivity index (χ1v) is 9.09. The molecule has 0 aliphatic heterocycles. The zero-order valence-corrected chi connectivity index (χ0v) is 16.1. The van der Waals surface area contributed by atoms with Gasteiger partial charge in [0.2, 0.25) is 0 Å². The number of hydrogen-bond donors (Lipinski definition) is 0. The average molecular weight is 357 g/mol. The third-order valence-corrected chi connectivity index (χ3v) is 4.67. The first-order chi connectivity index (χ1) is 11.9. The number of benzene rings is 2. The number of aryl methyl sites for hydroxylation is 2. The number of aromatic nitrogens is 2. The van der Waals surface area contributed by atoms with Crippen molar-refractivity contribution in [2.24, 2.45) is 0 Å². The van der Waals surface area contributed by atoms with Gasteiger partial charge >= 0.3 is 0 Å². The van der Waals surface area contributed by atoms with E-state index in [9.17, 15) is 0 Å². The molecular formula is C21H25ClN2O. The molecule has 0 saturated heterocycles. The van der Waals surface area contributed by atoms with Gasteiger partial charge in [-0.25, -0.2) is 4.98 Å². The molecule has 3 aromatic rings. The average Bonchev–Trinajstić information content (AvgIpc) is 2.94. The third-order valence-electron chi connectivity index (χ3n) is 4.25. The largest absolute Gasteiger partial charge is 0.494 e. The molecular weight excluding hydrogens is 332 g/mol. The Bertz CT molecular complexity index is 877. The molecule has 0 radical (unpaired) electrons. The Morgan fingerprint density at radius 1 is 1.12 bits per heavy atom. The zero-order chi connectivity index (χ0) is 18.0. The summed E-state index contributed by atoms with van der Waals surface area (Å²) >= 11 is 6.06. The molecule has 0 aliphatic carbocycles. The first-order valence-electron chi connectivity index (χ1n) is 8.71. The minimum atomic E-state index is 0.00711. The monoisotopic (exact) mass is 356 g/mol. The molecule has 3 nitrogen and oxygen atoms in total. The molecule has 2 aromatic carbocycles. The van der Waals surface area contributed by atoms with Gasteiger partial charge in [0.05, 0.1) is 17.6 Å². The summed E-state index contributed by atoms with van der Waals surface area (Å²) in [4.78, 5) is 4.85. The molecule has 0 atom stereocenters. The Kier molecular flexibility index (Phi) is 5.05. The number of ether oxygens (including phenoxy) is 1. The number of para-hydroxylation sites is 2. The number of nitrogens with zero attached hydrogens (tertiary/aromatic N) is 2. The summed E-state index contributed by atoms with van der Waals surface area (Å²) in [5.41, 5.74) is 3.29. The maximum absolute atomic E-state index is 6.06. The van der Waals surface area contributed by atoms with Crippen molar-refractivity contribution >= 4 is 22.6 Å². The summed E-state index contributed by atoms with van der Waals surface area (Å²) in [5, 5.41) is 0.770. The molecule has 0 saturated carbocycles. The van der Waals surface area contributed by atoms with Crippen molar-refractivity contribution in [2.75, 3.05) is 6.61 Å². The Morgan fingerprint density at radius 3 is 2.60 bits per heavy atom. The third kappa shape index (κ3) is 3.98. The summed E-state index contributed by atoms with van der Waals surface area (Å²) < 4.78 is 8.21. The lowest BCUT2D eigenvalue weighted by molar-refractivity contribution is 0.300. The van der Waals surface area contributed by atoms with E-state index in [-0.39, 0.29) is 5.41 Å². The second-order valence-electron chi connectivity index (χ2n) is 7.44. The number of hydrogen-bond acceptors (Lipinski definition) is 2. The van der Waals surface area contributed by atoms with Crippen molar-refractivity contribution in [1.29, 1.82) is 0 Å². The van der Waals surface area contributed by atoms with Crippen LogP contribution >= 0.6 is 11.6 Å². The van der Waals surface area contributed by atoms with E-state index in [1.807, 2.05) is 31.2 Å². The fourth-order valence-corrected chi connectivity index (χ4v) is 3.11. The van der Waals surface area contributed by atoms with E-state index >= 15 is 0 Å². The van der Waals surface area contributed by atoms with Crippen molar-refractivity contribution in [2.45, 2.75) is 46.1 Å². The molecule has 132 valence electrons. The fourth-order valence-electron chi connectivity index (χ4n) is 2.99. The number of rotatable bonds is 5. The maximum Gasteiger partial charge on any atom is 0.119 e. The van der Waals surface area contributed by atoms with E-state index < -0.39 is 0 Å². The van der Waals surface area contributed by atoms with Gasteiger partial charge in [-0.05, 0) is 49.2 Å². The topological polar surface area (TPSA) is 27.1 Å². The van der Waals surface area contributed by atoms with E-state index in [1.165, 1.54) is 5.52 Å². The van der Waals surface area contributed by atoms with Gasteiger partial charge in [0.25, 0.3) is 0 Å². The van der Waals surface area contributed by atoms with Gasteiger partial charge in [0, 0.05) is 17.0 Å². The van der Waals surface area contributed by atoms with Crippen LogP contribution in [0.4, 0.5) is 0 Å². The van der Waals surface area contributed by atoms with E-state index in [4.69, 9.17) is 21.3 Å². The summed E-state index contributed by atoms with van der Waals surface area (Å²) in [6.07, 6.45) is 0.922. The molecule has 0 spiro atoms. The lowest BCUT2D eigenvalue weighted by atomic mass is 9.95. The van der Waals surface area contributed by atoms with Crippen LogP contribution in [0.5, 0.6) is 5.75 Å². The van der Waals surface area contributed by atoms with E-state index in [0.29, 0.717) is 6.61 Å². The summed E-state index contributed by atoms with van der Waals surface area (Å²) in [6.45, 7) is 10.2. The molecule has 4 heteroatoms. The SMILES string of the molecule is Cc1cc(OCCCn2c(C(C)(C)C)nc3ccccc32)ccc1Cl. The minimum Gasteiger partial charge on any atom is -0.494 e. The fraction of sp³-hybridized carbons (Fsp3) is 0.381. The van der Waals surface area contributed by atoms with Gasteiger partial charge in [0.15, 0.2) is 0 Å². The summed E-state index contributed by atoms with van der Waals surface area (Å²) in [7, 11) is 0. The van der Waals surface area contributed by atoms with Gasteiger partial charge < -0.3 is 9.30 Å². The van der Waals surface area contributed by atoms with Crippen LogP contribution in [0.3, 0.4) is 0 Å². The molecule has 0 unspecified atom stereocenters. The van der Waals surface area contributed by atoms with Crippen LogP contribution in [0, 0.1) is 6.92 Å². The maximum atomic E-state index is 6.06. The Labute approximate surface area is 154 Å². The van der Waals surface area contributed by atoms with E-state index in [2.05, 4.69) is 43.5 Å². The Hall–Kier alpha value is -2.00. The van der Waals surface area contributed by atoms with Crippen LogP contribution in [0.25, 0.3) is 11.0 Å². The molecule has 0 bridgehead atoms. The number of imidazole rings is 1. The molecule has 0 N–H and O–H groups in total. The normalized spacial score (nSPS) is 11.9. The van der Waals surface area contributed by atoms with Crippen LogP contribution in [0.15, 0.2) is 42.5 Å². The highest BCUT2D eigenvalue weighted by atomic mass is 35.5. The van der Waals surface area contributed by atoms with Crippen molar-refractivity contribution < 1.29 is 4.74 Å². The summed E-state index contributed by atoms with van der Waals surface area (Å²) in [6, 6.07) is 14.1. The Balaban J connectivity index is 1.71. The van der Waals surface area contributed by atoms with Gasteiger partial charge in [-0.2, -0.15) is 0 Å². The van der Waals surface area contributed by atoms with Crippen LogP contribution in [0.1, 0.15) is 38.6 Å². The van der Waals surface area contributed by atoms with Crippen molar-refractivity contribution in [3.8, 4) is 5.75 Å². The molecule has 0 fully saturated rings. The van der Waals surface area contributed by atoms with Crippen LogP contribution < -0.4 is 4.74 Å². The molecule has 0 aliphatic rings. The second kappa shape index (κ2) is 7.09. The smallest absolute Gasteiger partial charge is 0.119 e. The van der Waals surface area contributed by atoms with Crippen LogP contribution in [-0.2, 0) is 12.0 Å². The highest BCUT2D eigenvalue weighted by molar-refractivity contribution is 6.31. The molecule has 1 heterocycles. The predicted octanol–water partition coefficient (Wildman–Crippen LogP) is 5.76. The zero-order valence-electron chi connectivity index (χ0n) is 15.3. The standard InChI is InChI=1S/C21H25ClN2O/c1-15-14-16(10-11-17(15)22)25-13-7-12-24-19-9-6-5-8-18(19)23-20(24)21(2,3)4/h5-6,8-11,14H,7,12-13H2,1-4H3. The van der Waals surface area contributed by atoms with Crippen molar-refractivity contribution in [1.82, 2.24) is 9.55 Å². The second-order valence-corrected chi connectivity index (χ2v) is 7.85. The van der Waals surface area contributed by atoms with Gasteiger partial charge in [0.1, 0.15) is 11.6 Å². The molecule has 0 amide bonds. The van der Waals surface area contributed by atoms with Gasteiger partial charge in [-0.3, -0.25) is 0 Å². The Morgan fingerprint density at radius 2 is 1.88 bits per heavy atom. The van der Waals surface area contributed by atoms with Crippen LogP contribution in [0.2, 0.25) is 5.02 Å². The highest BCUT2D eigenvalue weighted by Crippen LogP contribution is 2.27. The lowest BCUT2D eigenvalue weighted by Gasteiger charge is -2.20. The quantitative estimate of drug-likeness (QED) is 0.543. The highest BCUT2D eigenvalue weighted by Gasteiger charge is 2.22. The molecule has 3 rings (SSSR count). The van der Waals surface area contributed by atoms with Gasteiger partial charge in [-0.1, -0.05) is 44.5 Å². The number of halogens is 1. The first kappa shape index (κ1) is 17.8. The van der Waals surface area contributed by atoms with Crippen LogP contribution in [-0.4, -0.2) is 16.2 Å². The molecule has 25 heavy (non-hydrogen) atoms. The van der Waals surface area contributed by atoms with E-state index in [1.54, 1.807) is 0 Å². The van der Waals surface area contributed by atoms with Crippen molar-refractivity contribution in [3.63, 3.8) is 0 Å².